The van der Waals surface area contributed by atoms with Gasteiger partial charge in [0, 0.05) is 23.6 Å². The van der Waals surface area contributed by atoms with E-state index in [-0.39, 0.29) is 24.3 Å². The summed E-state index contributed by atoms with van der Waals surface area (Å²) in [6, 6.07) is 21.0. The van der Waals surface area contributed by atoms with Crippen molar-refractivity contribution >= 4 is 51.7 Å². The molecule has 2 aliphatic rings. The number of anilines is 1. The molecule has 0 saturated heterocycles. The van der Waals surface area contributed by atoms with Gasteiger partial charge in [-0.1, -0.05) is 53.2 Å². The number of thioether (sulfide) groups is 1. The molecule has 38 heavy (non-hydrogen) atoms. The van der Waals surface area contributed by atoms with Gasteiger partial charge in [0.05, 0.1) is 18.9 Å². The number of halogens is 1. The molecule has 0 aromatic heterocycles. The van der Waals surface area contributed by atoms with Crippen LogP contribution in [0, 0.1) is 13.8 Å². The summed E-state index contributed by atoms with van der Waals surface area (Å²) in [5.41, 5.74) is 5.69. The van der Waals surface area contributed by atoms with E-state index >= 15 is 0 Å². The molecule has 0 saturated carbocycles. The summed E-state index contributed by atoms with van der Waals surface area (Å²) in [7, 11) is 1.63. The number of amides is 2. The van der Waals surface area contributed by atoms with Crippen LogP contribution in [0.4, 0.5) is 5.69 Å². The summed E-state index contributed by atoms with van der Waals surface area (Å²) < 4.78 is 5.28. The van der Waals surface area contributed by atoms with Crippen LogP contribution in [0.1, 0.15) is 41.1 Å². The predicted molar refractivity (Wildman–Crippen MR) is 153 cm³/mol. The molecule has 0 fully saturated rings. The van der Waals surface area contributed by atoms with Crippen molar-refractivity contribution in [1.82, 2.24) is 5.01 Å². The molecular formula is C29H27ClN4O3S. The fraction of sp³-hybridized carbons (Fsp3) is 0.241. The van der Waals surface area contributed by atoms with Gasteiger partial charge in [-0.05, 0) is 73.0 Å². The van der Waals surface area contributed by atoms with Crippen molar-refractivity contribution in [2.24, 2.45) is 10.1 Å². The highest BCUT2D eigenvalue weighted by atomic mass is 35.5. The Kier molecular flexibility index (Phi) is 7.53. The quantitative estimate of drug-likeness (QED) is 0.401. The van der Waals surface area contributed by atoms with Gasteiger partial charge in [0.1, 0.15) is 11.0 Å². The van der Waals surface area contributed by atoms with Crippen molar-refractivity contribution < 1.29 is 14.3 Å². The largest absolute Gasteiger partial charge is 0.497 e. The molecule has 2 atom stereocenters. The Morgan fingerprint density at radius 3 is 2.53 bits per heavy atom. The molecule has 7 nitrogen and oxygen atoms in total. The number of benzene rings is 3. The van der Waals surface area contributed by atoms with Crippen LogP contribution in [-0.4, -0.2) is 40.1 Å². The van der Waals surface area contributed by atoms with Crippen molar-refractivity contribution in [3.63, 3.8) is 0 Å². The lowest BCUT2D eigenvalue weighted by Gasteiger charge is -2.23. The number of aryl methyl sites for hydroxylation is 2. The minimum atomic E-state index is -0.609. The average Bonchev–Trinajstić information content (AvgIpc) is 3.50. The Labute approximate surface area is 230 Å². The van der Waals surface area contributed by atoms with Gasteiger partial charge in [0.25, 0.3) is 5.91 Å². The lowest BCUT2D eigenvalue weighted by Crippen LogP contribution is -2.25. The number of hydrogen-bond acceptors (Lipinski definition) is 6. The van der Waals surface area contributed by atoms with Crippen LogP contribution < -0.4 is 10.1 Å². The molecule has 0 unspecified atom stereocenters. The van der Waals surface area contributed by atoms with Gasteiger partial charge in [-0.15, -0.1) is 0 Å². The van der Waals surface area contributed by atoms with Crippen molar-refractivity contribution in [1.29, 1.82) is 0 Å². The zero-order valence-corrected chi connectivity index (χ0v) is 22.8. The van der Waals surface area contributed by atoms with Crippen molar-refractivity contribution in [3.8, 4) is 5.75 Å². The van der Waals surface area contributed by atoms with Gasteiger partial charge < -0.3 is 10.1 Å². The molecule has 9 heteroatoms. The number of nitrogens with one attached hydrogen (secondary N) is 1. The van der Waals surface area contributed by atoms with Gasteiger partial charge in [0.2, 0.25) is 5.91 Å². The molecule has 194 valence electrons. The summed E-state index contributed by atoms with van der Waals surface area (Å²) in [6.45, 7) is 3.95. The van der Waals surface area contributed by atoms with E-state index in [0.717, 1.165) is 39.4 Å². The van der Waals surface area contributed by atoms with Crippen LogP contribution in [0.5, 0.6) is 5.75 Å². The fourth-order valence-corrected chi connectivity index (χ4v) is 5.70. The van der Waals surface area contributed by atoms with Crippen LogP contribution >= 0.6 is 23.4 Å². The molecule has 0 radical (unpaired) electrons. The summed E-state index contributed by atoms with van der Waals surface area (Å²) >= 11 is 7.41. The predicted octanol–water partition coefficient (Wildman–Crippen LogP) is 6.14. The highest BCUT2D eigenvalue weighted by molar-refractivity contribution is 8.15. The summed E-state index contributed by atoms with van der Waals surface area (Å²) in [5.74, 6) is 0.211. The number of nitrogens with zero attached hydrogens (tertiary/aromatic N) is 3. The molecule has 2 aliphatic heterocycles. The number of ether oxygens (including phenoxy) is 1. The lowest BCUT2D eigenvalue weighted by atomic mass is 9.98. The zero-order chi connectivity index (χ0) is 26.8. The first-order valence-corrected chi connectivity index (χ1v) is 13.5. The van der Waals surface area contributed by atoms with Crippen LogP contribution in [-0.2, 0) is 9.59 Å². The standard InChI is InChI=1S/C29H27ClN4O3S/c1-17-4-13-23(18(2)14-17)31-27(35)16-26-28(36)32-29(38-26)34-25(20-5-9-21(30)10-6-20)15-24(33-34)19-7-11-22(37-3)12-8-19/h4-14,25-26H,15-16H2,1-3H3,(H,31,35)/t25-,26+/m0/s1. The minimum Gasteiger partial charge on any atom is -0.497 e. The maximum absolute atomic E-state index is 12.9. The number of rotatable bonds is 6. The first kappa shape index (κ1) is 26.0. The Morgan fingerprint density at radius 2 is 1.84 bits per heavy atom. The van der Waals surface area contributed by atoms with Crippen molar-refractivity contribution in [2.75, 3.05) is 12.4 Å². The number of hydrogen-bond donors (Lipinski definition) is 1. The third kappa shape index (κ3) is 5.61. The van der Waals surface area contributed by atoms with E-state index in [1.54, 1.807) is 12.1 Å². The molecule has 3 aromatic carbocycles. The number of amidine groups is 1. The van der Waals surface area contributed by atoms with E-state index in [2.05, 4.69) is 10.3 Å². The maximum atomic E-state index is 12.9. The molecular weight excluding hydrogens is 520 g/mol. The maximum Gasteiger partial charge on any atom is 0.262 e. The SMILES string of the molecule is COc1ccc(C2=NN(C3=NC(=O)[C@@H](CC(=O)Nc4ccc(C)cc4C)S3)[C@H](c3ccc(Cl)cc3)C2)cc1. The molecule has 1 N–H and O–H groups in total. The number of methoxy groups -OCH3 is 1. The third-order valence-electron chi connectivity index (χ3n) is 6.54. The fourth-order valence-electron chi connectivity index (χ4n) is 4.52. The zero-order valence-electron chi connectivity index (χ0n) is 21.3. The Bertz CT molecular complexity index is 1440. The normalized spacial score (nSPS) is 18.8. The molecule has 0 aliphatic carbocycles. The van der Waals surface area contributed by atoms with Crippen molar-refractivity contribution in [3.05, 3.63) is 94.0 Å². The highest BCUT2D eigenvalue weighted by Crippen LogP contribution is 2.39. The first-order valence-electron chi connectivity index (χ1n) is 12.2. The Hall–Kier alpha value is -3.62. The van der Waals surface area contributed by atoms with Gasteiger partial charge in [-0.2, -0.15) is 10.1 Å². The molecule has 0 spiro atoms. The van der Waals surface area contributed by atoms with E-state index in [9.17, 15) is 9.59 Å². The molecule has 5 rings (SSSR count). The van der Waals surface area contributed by atoms with E-state index in [1.165, 1.54) is 11.8 Å². The smallest absolute Gasteiger partial charge is 0.262 e. The third-order valence-corrected chi connectivity index (χ3v) is 7.93. The second-order valence-corrected chi connectivity index (χ2v) is 10.9. The monoisotopic (exact) mass is 546 g/mol. The van der Waals surface area contributed by atoms with Crippen molar-refractivity contribution in [2.45, 2.75) is 38.0 Å². The summed E-state index contributed by atoms with van der Waals surface area (Å²) in [6.07, 6.45) is 0.651. The number of carbonyl (C=O) groups excluding carboxylic acids is 2. The van der Waals surface area contributed by atoms with E-state index < -0.39 is 5.25 Å². The number of hydrazone groups is 1. The molecule has 2 heterocycles. The molecule has 2 amide bonds. The number of aliphatic imine (C=N–C) groups is 1. The Morgan fingerprint density at radius 1 is 1.11 bits per heavy atom. The second kappa shape index (κ2) is 11.0. The van der Waals surface area contributed by atoms with Gasteiger partial charge in [0.15, 0.2) is 5.17 Å². The molecule has 3 aromatic rings. The molecule has 0 bridgehead atoms. The Balaban J connectivity index is 1.35. The minimum absolute atomic E-state index is 0.0261. The summed E-state index contributed by atoms with van der Waals surface area (Å²) in [4.78, 5) is 30.0. The summed E-state index contributed by atoms with van der Waals surface area (Å²) in [5, 5.41) is 10.1. The first-order chi connectivity index (χ1) is 18.3. The van der Waals surface area contributed by atoms with Crippen LogP contribution in [0.15, 0.2) is 76.8 Å². The van der Waals surface area contributed by atoms with E-state index in [4.69, 9.17) is 21.4 Å². The highest BCUT2D eigenvalue weighted by Gasteiger charge is 2.39. The van der Waals surface area contributed by atoms with Crippen LogP contribution in [0.3, 0.4) is 0 Å². The van der Waals surface area contributed by atoms with Crippen LogP contribution in [0.25, 0.3) is 0 Å². The van der Waals surface area contributed by atoms with Gasteiger partial charge in [-0.3, -0.25) is 9.59 Å². The second-order valence-electron chi connectivity index (χ2n) is 9.30. The van der Waals surface area contributed by atoms with Crippen LogP contribution in [0.2, 0.25) is 5.02 Å². The topological polar surface area (TPSA) is 83.4 Å². The van der Waals surface area contributed by atoms with E-state index in [0.29, 0.717) is 16.6 Å². The van der Waals surface area contributed by atoms with E-state index in [1.807, 2.05) is 80.6 Å². The lowest BCUT2D eigenvalue weighted by molar-refractivity contribution is -0.121. The number of carbonyl (C=O) groups is 2. The average molecular weight is 547 g/mol. The van der Waals surface area contributed by atoms with Gasteiger partial charge in [-0.25, -0.2) is 5.01 Å². The van der Waals surface area contributed by atoms with Gasteiger partial charge >= 0.3 is 0 Å².